The second-order valence-electron chi connectivity index (χ2n) is 7.80. The van der Waals surface area contributed by atoms with E-state index in [-0.39, 0.29) is 11.9 Å². The van der Waals surface area contributed by atoms with Crippen LogP contribution in [0.5, 0.6) is 0 Å². The molecule has 1 aliphatic heterocycles. The molecule has 0 bridgehead atoms. The molecule has 5 nitrogen and oxygen atoms in total. The zero-order valence-corrected chi connectivity index (χ0v) is 16.4. The van der Waals surface area contributed by atoms with Gasteiger partial charge in [-0.25, -0.2) is 4.98 Å². The summed E-state index contributed by atoms with van der Waals surface area (Å²) in [5.41, 5.74) is 4.34. The number of nitrogens with one attached hydrogen (secondary N) is 1. The fourth-order valence-electron chi connectivity index (χ4n) is 4.13. The molecule has 1 atom stereocenters. The van der Waals surface area contributed by atoms with Crippen LogP contribution < -0.4 is 4.90 Å². The van der Waals surface area contributed by atoms with Crippen LogP contribution in [-0.2, 0) is 6.42 Å². The van der Waals surface area contributed by atoms with Crippen LogP contribution in [0.3, 0.4) is 0 Å². The first-order valence-electron chi connectivity index (χ1n) is 9.51. The molecule has 0 saturated heterocycles. The zero-order chi connectivity index (χ0) is 19.1. The molecule has 140 valence electrons. The smallest absolute Gasteiger partial charge is 0.256 e. The molecule has 0 unspecified atom stereocenters. The van der Waals surface area contributed by atoms with Crippen LogP contribution in [0.4, 0.5) is 5.82 Å². The molecule has 1 amide bonds. The Morgan fingerprint density at radius 1 is 1.22 bits per heavy atom. The Hall–Kier alpha value is -2.82. The van der Waals surface area contributed by atoms with Crippen LogP contribution in [0.25, 0.3) is 10.9 Å². The lowest BCUT2D eigenvalue weighted by Gasteiger charge is -2.38. The first-order chi connectivity index (χ1) is 13.0. The van der Waals surface area contributed by atoms with Crippen molar-refractivity contribution in [3.63, 3.8) is 0 Å². The van der Waals surface area contributed by atoms with E-state index in [1.807, 2.05) is 36.0 Å². The van der Waals surface area contributed by atoms with Crippen LogP contribution in [0.2, 0.25) is 0 Å². The molecule has 27 heavy (non-hydrogen) atoms. The standard InChI is InChI=1S/C22H26N4O/c1-14(2)21-20-17(16-7-5-6-8-18(16)24-20)11-12-26(21)22(27)15-9-10-19(23-13-15)25(3)4/h5-10,13-14,21,24H,11-12H2,1-4H3/t21-/m0/s1. The predicted molar refractivity (Wildman–Crippen MR) is 109 cm³/mol. The van der Waals surface area contributed by atoms with Gasteiger partial charge in [-0.1, -0.05) is 32.0 Å². The van der Waals surface area contributed by atoms with E-state index in [1.165, 1.54) is 16.6 Å². The van der Waals surface area contributed by atoms with Crippen LogP contribution in [0, 0.1) is 5.92 Å². The second-order valence-corrected chi connectivity index (χ2v) is 7.80. The van der Waals surface area contributed by atoms with Gasteiger partial charge in [-0.05, 0) is 36.1 Å². The average Bonchev–Trinajstić information content (AvgIpc) is 3.05. The van der Waals surface area contributed by atoms with E-state index in [0.29, 0.717) is 11.5 Å². The number of para-hydroxylation sites is 1. The number of anilines is 1. The molecule has 4 rings (SSSR count). The normalized spacial score (nSPS) is 16.6. The van der Waals surface area contributed by atoms with E-state index in [2.05, 4.69) is 48.1 Å². The van der Waals surface area contributed by atoms with Crippen molar-refractivity contribution in [1.29, 1.82) is 0 Å². The second kappa shape index (κ2) is 6.72. The Kier molecular flexibility index (Phi) is 4.38. The van der Waals surface area contributed by atoms with Crippen LogP contribution in [0.1, 0.15) is 41.5 Å². The van der Waals surface area contributed by atoms with E-state index in [1.54, 1.807) is 6.20 Å². The number of fused-ring (bicyclic) bond motifs is 3. The molecule has 1 aromatic carbocycles. The molecule has 0 aliphatic carbocycles. The van der Waals surface area contributed by atoms with Crippen LogP contribution in [0.15, 0.2) is 42.6 Å². The average molecular weight is 362 g/mol. The zero-order valence-electron chi connectivity index (χ0n) is 16.4. The summed E-state index contributed by atoms with van der Waals surface area (Å²) in [6, 6.07) is 12.2. The largest absolute Gasteiger partial charge is 0.363 e. The lowest BCUT2D eigenvalue weighted by atomic mass is 9.90. The van der Waals surface area contributed by atoms with Crippen molar-refractivity contribution in [3.8, 4) is 0 Å². The summed E-state index contributed by atoms with van der Waals surface area (Å²) in [6.07, 6.45) is 2.56. The van der Waals surface area contributed by atoms with Gasteiger partial charge >= 0.3 is 0 Å². The van der Waals surface area contributed by atoms with Gasteiger partial charge < -0.3 is 14.8 Å². The maximum absolute atomic E-state index is 13.3. The number of benzene rings is 1. The highest BCUT2D eigenvalue weighted by Gasteiger charge is 2.35. The van der Waals surface area contributed by atoms with Crippen LogP contribution in [-0.4, -0.2) is 41.4 Å². The Balaban J connectivity index is 1.71. The minimum Gasteiger partial charge on any atom is -0.363 e. The molecule has 0 spiro atoms. The number of hydrogen-bond acceptors (Lipinski definition) is 3. The maximum Gasteiger partial charge on any atom is 0.256 e. The summed E-state index contributed by atoms with van der Waals surface area (Å²) in [4.78, 5) is 25.2. The number of aromatic nitrogens is 2. The molecular formula is C22H26N4O. The Morgan fingerprint density at radius 2 is 2.00 bits per heavy atom. The van der Waals surface area contributed by atoms with Gasteiger partial charge in [0.15, 0.2) is 0 Å². The fraction of sp³-hybridized carbons (Fsp3) is 0.364. The van der Waals surface area contributed by atoms with Gasteiger partial charge in [0.1, 0.15) is 5.82 Å². The third kappa shape index (κ3) is 2.97. The summed E-state index contributed by atoms with van der Waals surface area (Å²) in [6.45, 7) is 5.09. The third-order valence-electron chi connectivity index (χ3n) is 5.43. The van der Waals surface area contributed by atoms with Gasteiger partial charge in [-0.2, -0.15) is 0 Å². The van der Waals surface area contributed by atoms with Crippen molar-refractivity contribution >= 4 is 22.6 Å². The quantitative estimate of drug-likeness (QED) is 0.765. The number of carbonyl (C=O) groups excluding carboxylic acids is 1. The highest BCUT2D eigenvalue weighted by atomic mass is 16.2. The molecule has 0 saturated carbocycles. The van der Waals surface area contributed by atoms with Crippen molar-refractivity contribution in [2.45, 2.75) is 26.3 Å². The topological polar surface area (TPSA) is 52.2 Å². The lowest BCUT2D eigenvalue weighted by Crippen LogP contribution is -2.42. The summed E-state index contributed by atoms with van der Waals surface area (Å²) < 4.78 is 0. The Morgan fingerprint density at radius 3 is 2.67 bits per heavy atom. The predicted octanol–water partition coefficient (Wildman–Crippen LogP) is 4.02. The number of amides is 1. The SMILES string of the molecule is CC(C)[C@H]1c2[nH]c3ccccc3c2CCN1C(=O)c1ccc(N(C)C)nc1. The number of hydrogen-bond donors (Lipinski definition) is 1. The van der Waals surface area contributed by atoms with Gasteiger partial charge in [0.05, 0.1) is 11.6 Å². The van der Waals surface area contributed by atoms with Gasteiger partial charge in [-0.3, -0.25) is 4.79 Å². The van der Waals surface area contributed by atoms with E-state index in [9.17, 15) is 4.79 Å². The van der Waals surface area contributed by atoms with Crippen molar-refractivity contribution in [2.75, 3.05) is 25.5 Å². The van der Waals surface area contributed by atoms with E-state index >= 15 is 0 Å². The van der Waals surface area contributed by atoms with E-state index in [0.717, 1.165) is 24.3 Å². The van der Waals surface area contributed by atoms with Crippen molar-refractivity contribution in [2.24, 2.45) is 5.92 Å². The maximum atomic E-state index is 13.3. The number of aromatic amines is 1. The minimum atomic E-state index is 0.0437. The number of rotatable bonds is 3. The summed E-state index contributed by atoms with van der Waals surface area (Å²) in [7, 11) is 3.89. The van der Waals surface area contributed by atoms with E-state index < -0.39 is 0 Å². The number of nitrogens with zero attached hydrogens (tertiary/aromatic N) is 3. The van der Waals surface area contributed by atoms with Gasteiger partial charge in [0.2, 0.25) is 0 Å². The first kappa shape index (κ1) is 17.6. The summed E-state index contributed by atoms with van der Waals surface area (Å²) in [5.74, 6) is 1.22. The minimum absolute atomic E-state index is 0.0437. The summed E-state index contributed by atoms with van der Waals surface area (Å²) >= 11 is 0. The Labute approximate surface area is 160 Å². The molecular weight excluding hydrogens is 336 g/mol. The highest BCUT2D eigenvalue weighted by molar-refractivity contribution is 5.95. The molecule has 3 heterocycles. The molecule has 2 aromatic heterocycles. The monoisotopic (exact) mass is 362 g/mol. The highest BCUT2D eigenvalue weighted by Crippen LogP contribution is 2.39. The Bertz CT molecular complexity index is 972. The molecule has 3 aromatic rings. The molecule has 1 aliphatic rings. The number of carbonyl (C=O) groups is 1. The van der Waals surface area contributed by atoms with Gasteiger partial charge in [-0.15, -0.1) is 0 Å². The molecule has 0 radical (unpaired) electrons. The van der Waals surface area contributed by atoms with Crippen molar-refractivity contribution in [3.05, 3.63) is 59.4 Å². The molecule has 5 heteroatoms. The van der Waals surface area contributed by atoms with E-state index in [4.69, 9.17) is 0 Å². The van der Waals surface area contributed by atoms with Crippen LogP contribution >= 0.6 is 0 Å². The molecule has 0 fully saturated rings. The first-order valence-corrected chi connectivity index (χ1v) is 9.51. The third-order valence-corrected chi connectivity index (χ3v) is 5.43. The summed E-state index contributed by atoms with van der Waals surface area (Å²) in [5, 5.41) is 1.28. The molecule has 1 N–H and O–H groups in total. The van der Waals surface area contributed by atoms with Crippen molar-refractivity contribution in [1.82, 2.24) is 14.9 Å². The van der Waals surface area contributed by atoms with Gasteiger partial charge in [0, 0.05) is 43.4 Å². The van der Waals surface area contributed by atoms with Gasteiger partial charge in [0.25, 0.3) is 5.91 Å². The number of pyridine rings is 1. The number of H-pyrrole nitrogens is 1. The fourth-order valence-corrected chi connectivity index (χ4v) is 4.13. The lowest BCUT2D eigenvalue weighted by molar-refractivity contribution is 0.0598. The van der Waals surface area contributed by atoms with Crippen molar-refractivity contribution < 1.29 is 4.79 Å².